The Balaban J connectivity index is 2.17. The smallest absolute Gasteiger partial charge is 0.304 e. The number of rotatable bonds is 2. The summed E-state index contributed by atoms with van der Waals surface area (Å²) >= 11 is 1.49. The third kappa shape index (κ3) is 1.93. The number of nitrogens with zero attached hydrogens (tertiary/aromatic N) is 2. The number of fused-ring (bicyclic) bond motifs is 1. The number of carbonyl (C=O) groups is 1. The molecular weight excluding hydrogens is 200 g/mol. The maximum atomic E-state index is 10.5. The Hall–Kier alpha value is -1.36. The second kappa shape index (κ2) is 3.79. The zero-order valence-corrected chi connectivity index (χ0v) is 8.07. The minimum atomic E-state index is -0.804. The SMILES string of the molecule is O=C(O)CC1C=Nc2ncccc2S1. The van der Waals surface area contributed by atoms with Crippen LogP contribution in [0.4, 0.5) is 5.82 Å². The van der Waals surface area contributed by atoms with Crippen molar-refractivity contribution in [3.63, 3.8) is 0 Å². The number of pyridine rings is 1. The van der Waals surface area contributed by atoms with Crippen molar-refractivity contribution in [1.82, 2.24) is 4.98 Å². The molecule has 5 heteroatoms. The second-order valence-electron chi connectivity index (χ2n) is 2.86. The third-order valence-corrected chi connectivity index (χ3v) is 2.93. The number of carboxylic acids is 1. The minimum Gasteiger partial charge on any atom is -0.481 e. The highest BCUT2D eigenvalue weighted by molar-refractivity contribution is 8.00. The number of aliphatic imine (C=N–C) groups is 1. The standard InChI is InChI=1S/C9H8N2O2S/c12-8(13)4-6-5-11-9-7(14-6)2-1-3-10-9/h1-3,5-6H,4H2,(H,12,13). The van der Waals surface area contributed by atoms with Gasteiger partial charge in [0.2, 0.25) is 0 Å². The van der Waals surface area contributed by atoms with Gasteiger partial charge in [0.15, 0.2) is 5.82 Å². The zero-order chi connectivity index (χ0) is 9.97. The molecule has 1 aliphatic heterocycles. The lowest BCUT2D eigenvalue weighted by atomic mass is 10.3. The molecule has 0 radical (unpaired) electrons. The Morgan fingerprint density at radius 3 is 3.29 bits per heavy atom. The van der Waals surface area contributed by atoms with Gasteiger partial charge in [-0.3, -0.25) is 4.79 Å². The summed E-state index contributed by atoms with van der Waals surface area (Å²) in [6, 6.07) is 3.73. The predicted octanol–water partition coefficient (Wildman–Crippen LogP) is 1.73. The highest BCUT2D eigenvalue weighted by atomic mass is 32.2. The van der Waals surface area contributed by atoms with E-state index >= 15 is 0 Å². The van der Waals surface area contributed by atoms with Gasteiger partial charge in [-0.2, -0.15) is 0 Å². The van der Waals surface area contributed by atoms with Crippen LogP contribution < -0.4 is 0 Å². The number of aliphatic carboxylic acids is 1. The molecule has 1 aromatic heterocycles. The van der Waals surface area contributed by atoms with Gasteiger partial charge in [-0.25, -0.2) is 9.98 Å². The topological polar surface area (TPSA) is 62.5 Å². The molecule has 0 saturated carbocycles. The molecule has 2 heterocycles. The molecule has 1 atom stereocenters. The summed E-state index contributed by atoms with van der Waals surface area (Å²) in [4.78, 5) is 19.6. The monoisotopic (exact) mass is 208 g/mol. The van der Waals surface area contributed by atoms with Crippen LogP contribution in [0.25, 0.3) is 0 Å². The summed E-state index contributed by atoms with van der Waals surface area (Å²) in [5.41, 5.74) is 0. The van der Waals surface area contributed by atoms with Crippen molar-refractivity contribution in [3.05, 3.63) is 18.3 Å². The number of hydrogen-bond donors (Lipinski definition) is 1. The van der Waals surface area contributed by atoms with E-state index in [1.54, 1.807) is 12.4 Å². The highest BCUT2D eigenvalue weighted by Gasteiger charge is 2.18. The maximum absolute atomic E-state index is 10.5. The number of carboxylic acid groups (broad SMARTS) is 1. The first-order valence-corrected chi connectivity index (χ1v) is 5.01. The molecule has 0 bridgehead atoms. The Kier molecular flexibility index (Phi) is 2.49. The fourth-order valence-electron chi connectivity index (χ4n) is 1.18. The summed E-state index contributed by atoms with van der Waals surface area (Å²) in [5.74, 6) is -0.125. The van der Waals surface area contributed by atoms with Crippen molar-refractivity contribution >= 4 is 29.8 Å². The van der Waals surface area contributed by atoms with Crippen LogP contribution in [-0.2, 0) is 4.79 Å². The zero-order valence-electron chi connectivity index (χ0n) is 7.25. The molecule has 2 rings (SSSR count). The Morgan fingerprint density at radius 2 is 2.50 bits per heavy atom. The minimum absolute atomic E-state index is 0.0794. The van der Waals surface area contributed by atoms with Gasteiger partial charge >= 0.3 is 5.97 Å². The molecule has 0 aromatic carbocycles. The van der Waals surface area contributed by atoms with Crippen molar-refractivity contribution < 1.29 is 9.90 Å². The normalized spacial score (nSPS) is 19.0. The van der Waals surface area contributed by atoms with Crippen LogP contribution >= 0.6 is 11.8 Å². The number of thioether (sulfide) groups is 1. The fourth-order valence-corrected chi connectivity index (χ4v) is 2.23. The molecule has 1 aromatic rings. The predicted molar refractivity (Wildman–Crippen MR) is 54.3 cm³/mol. The first kappa shape index (κ1) is 9.21. The van der Waals surface area contributed by atoms with Crippen molar-refractivity contribution in [3.8, 4) is 0 Å². The first-order valence-electron chi connectivity index (χ1n) is 4.13. The molecule has 14 heavy (non-hydrogen) atoms. The maximum Gasteiger partial charge on any atom is 0.304 e. The fraction of sp³-hybridized carbons (Fsp3) is 0.222. The van der Waals surface area contributed by atoms with Crippen molar-refractivity contribution in [2.24, 2.45) is 4.99 Å². The second-order valence-corrected chi connectivity index (χ2v) is 4.14. The average molecular weight is 208 g/mol. The molecule has 1 unspecified atom stereocenters. The molecule has 0 aliphatic carbocycles. The van der Waals surface area contributed by atoms with Gasteiger partial charge < -0.3 is 5.11 Å². The Morgan fingerprint density at radius 1 is 1.64 bits per heavy atom. The van der Waals surface area contributed by atoms with Gasteiger partial charge in [-0.1, -0.05) is 0 Å². The third-order valence-electron chi connectivity index (χ3n) is 1.77. The summed E-state index contributed by atoms with van der Waals surface area (Å²) in [5, 5.41) is 8.54. The van der Waals surface area contributed by atoms with E-state index in [0.717, 1.165) is 4.90 Å². The van der Waals surface area contributed by atoms with Crippen LogP contribution in [0.5, 0.6) is 0 Å². The largest absolute Gasteiger partial charge is 0.481 e. The molecule has 4 nitrogen and oxygen atoms in total. The summed E-state index contributed by atoms with van der Waals surface area (Å²) in [6.07, 6.45) is 3.42. The Bertz CT molecular complexity index is 392. The van der Waals surface area contributed by atoms with Crippen LogP contribution in [0.1, 0.15) is 6.42 Å². The lowest BCUT2D eigenvalue weighted by molar-refractivity contribution is -0.136. The van der Waals surface area contributed by atoms with E-state index in [1.165, 1.54) is 11.8 Å². The number of hydrogen-bond acceptors (Lipinski definition) is 4. The van der Waals surface area contributed by atoms with Gasteiger partial charge in [0.05, 0.1) is 16.6 Å². The van der Waals surface area contributed by atoms with E-state index in [-0.39, 0.29) is 11.7 Å². The van der Waals surface area contributed by atoms with Gasteiger partial charge in [0.1, 0.15) is 0 Å². The molecule has 1 N–H and O–H groups in total. The molecule has 0 saturated heterocycles. The molecule has 0 amide bonds. The van der Waals surface area contributed by atoms with Crippen LogP contribution in [0.3, 0.4) is 0 Å². The molecule has 0 fully saturated rings. The molecular formula is C9H8N2O2S. The van der Waals surface area contributed by atoms with Gasteiger partial charge in [-0.05, 0) is 12.1 Å². The van der Waals surface area contributed by atoms with Crippen LogP contribution in [0.15, 0.2) is 28.2 Å². The molecule has 0 spiro atoms. The summed E-state index contributed by atoms with van der Waals surface area (Å²) < 4.78 is 0. The van der Waals surface area contributed by atoms with Gasteiger partial charge in [-0.15, -0.1) is 11.8 Å². The molecule has 72 valence electrons. The summed E-state index contributed by atoms with van der Waals surface area (Å²) in [7, 11) is 0. The van der Waals surface area contributed by atoms with E-state index in [2.05, 4.69) is 9.98 Å². The average Bonchev–Trinajstić information content (AvgIpc) is 2.17. The van der Waals surface area contributed by atoms with E-state index in [0.29, 0.717) is 5.82 Å². The van der Waals surface area contributed by atoms with Crippen LogP contribution in [0.2, 0.25) is 0 Å². The van der Waals surface area contributed by atoms with Crippen molar-refractivity contribution in [1.29, 1.82) is 0 Å². The molecule has 1 aliphatic rings. The first-order chi connectivity index (χ1) is 6.75. The van der Waals surface area contributed by atoms with Crippen molar-refractivity contribution in [2.45, 2.75) is 16.6 Å². The van der Waals surface area contributed by atoms with E-state index in [1.807, 2.05) is 12.1 Å². The summed E-state index contributed by atoms with van der Waals surface area (Å²) in [6.45, 7) is 0. The Labute approximate surface area is 85.1 Å². The van der Waals surface area contributed by atoms with Crippen LogP contribution in [0, 0.1) is 0 Å². The quantitative estimate of drug-likeness (QED) is 0.804. The lowest BCUT2D eigenvalue weighted by Gasteiger charge is -2.14. The number of aromatic nitrogens is 1. The van der Waals surface area contributed by atoms with E-state index in [9.17, 15) is 4.79 Å². The van der Waals surface area contributed by atoms with Gasteiger partial charge in [0.25, 0.3) is 0 Å². The van der Waals surface area contributed by atoms with Crippen LogP contribution in [-0.4, -0.2) is 27.5 Å². The highest BCUT2D eigenvalue weighted by Crippen LogP contribution is 2.34. The van der Waals surface area contributed by atoms with E-state index in [4.69, 9.17) is 5.11 Å². The van der Waals surface area contributed by atoms with E-state index < -0.39 is 5.97 Å². The lowest BCUT2D eigenvalue weighted by Crippen LogP contribution is -2.13. The van der Waals surface area contributed by atoms with Gasteiger partial charge in [0, 0.05) is 12.4 Å². The van der Waals surface area contributed by atoms with Crippen molar-refractivity contribution in [2.75, 3.05) is 0 Å².